The lowest BCUT2D eigenvalue weighted by Crippen LogP contribution is -2.24. The summed E-state index contributed by atoms with van der Waals surface area (Å²) in [6, 6.07) is 4.18. The molecule has 1 aromatic heterocycles. The zero-order valence-corrected chi connectivity index (χ0v) is 10.8. The molecular weight excluding hydrogens is 244 g/mol. The van der Waals surface area contributed by atoms with Crippen LogP contribution in [0.25, 0.3) is 0 Å². The van der Waals surface area contributed by atoms with Gasteiger partial charge in [-0.25, -0.2) is 8.78 Å². The predicted octanol–water partition coefficient (Wildman–Crippen LogP) is 2.85. The maximum atomic E-state index is 11.8. The minimum Gasteiger partial charge on any atom is -0.375 e. The number of ether oxygens (including phenoxy) is 1. The Morgan fingerprint density at radius 1 is 1.35 bits per heavy atom. The van der Waals surface area contributed by atoms with Crippen molar-refractivity contribution < 1.29 is 13.5 Å². The van der Waals surface area contributed by atoms with Crippen LogP contribution in [0.1, 0.15) is 23.1 Å². The third-order valence-electron chi connectivity index (χ3n) is 2.41. The van der Waals surface area contributed by atoms with Crippen molar-refractivity contribution in [1.82, 2.24) is 0 Å². The number of aryl methyl sites for hydroxylation is 1. The van der Waals surface area contributed by atoms with Gasteiger partial charge in [0.05, 0.1) is 0 Å². The average Bonchev–Trinajstić information content (AvgIpc) is 2.72. The Bertz CT molecular complexity index is 317. The normalized spacial score (nSPS) is 13.2. The van der Waals surface area contributed by atoms with Crippen molar-refractivity contribution in [2.24, 2.45) is 5.73 Å². The van der Waals surface area contributed by atoms with E-state index in [0.717, 1.165) is 12.8 Å². The summed E-state index contributed by atoms with van der Waals surface area (Å²) in [5.41, 5.74) is 5.91. The molecule has 1 rings (SSSR count). The summed E-state index contributed by atoms with van der Waals surface area (Å²) >= 11 is 1.76. The van der Waals surface area contributed by atoms with Gasteiger partial charge >= 0.3 is 0 Å². The molecule has 0 amide bonds. The molecule has 0 bridgehead atoms. The van der Waals surface area contributed by atoms with Crippen molar-refractivity contribution in [3.63, 3.8) is 0 Å². The van der Waals surface area contributed by atoms with E-state index in [0.29, 0.717) is 13.0 Å². The van der Waals surface area contributed by atoms with E-state index in [4.69, 9.17) is 10.5 Å². The molecule has 2 N–H and O–H groups in total. The Balaban J connectivity index is 2.18. The summed E-state index contributed by atoms with van der Waals surface area (Å²) in [5.74, 6) is 0. The van der Waals surface area contributed by atoms with E-state index in [1.165, 1.54) is 9.75 Å². The van der Waals surface area contributed by atoms with Gasteiger partial charge in [0.2, 0.25) is 0 Å². The van der Waals surface area contributed by atoms with E-state index in [-0.39, 0.29) is 6.04 Å². The van der Waals surface area contributed by atoms with E-state index < -0.39 is 13.0 Å². The van der Waals surface area contributed by atoms with Gasteiger partial charge in [0, 0.05) is 22.4 Å². The SMILES string of the molecule is CCc1ccc(CC(N)CCOCC(F)F)s1. The van der Waals surface area contributed by atoms with Crippen LogP contribution in [0.3, 0.4) is 0 Å². The number of thiophene rings is 1. The fourth-order valence-electron chi connectivity index (χ4n) is 1.49. The summed E-state index contributed by atoms with van der Waals surface area (Å²) in [4.78, 5) is 2.60. The van der Waals surface area contributed by atoms with E-state index in [1.807, 2.05) is 0 Å². The summed E-state index contributed by atoms with van der Waals surface area (Å²) < 4.78 is 28.4. The molecule has 0 aliphatic carbocycles. The topological polar surface area (TPSA) is 35.2 Å². The first kappa shape index (κ1) is 14.5. The highest BCUT2D eigenvalue weighted by atomic mass is 32.1. The lowest BCUT2D eigenvalue weighted by Gasteiger charge is -2.10. The number of rotatable bonds is 8. The van der Waals surface area contributed by atoms with E-state index in [9.17, 15) is 8.78 Å². The first-order valence-corrected chi connectivity index (χ1v) is 6.62. The minimum absolute atomic E-state index is 0.0176. The van der Waals surface area contributed by atoms with Crippen LogP contribution in [0.15, 0.2) is 12.1 Å². The smallest absolute Gasteiger partial charge is 0.261 e. The second kappa shape index (κ2) is 7.74. The van der Waals surface area contributed by atoms with Crippen molar-refractivity contribution in [2.75, 3.05) is 13.2 Å². The van der Waals surface area contributed by atoms with E-state index >= 15 is 0 Å². The van der Waals surface area contributed by atoms with E-state index in [1.54, 1.807) is 11.3 Å². The molecule has 1 heterocycles. The highest BCUT2D eigenvalue weighted by Gasteiger charge is 2.07. The van der Waals surface area contributed by atoms with E-state index in [2.05, 4.69) is 19.1 Å². The molecule has 17 heavy (non-hydrogen) atoms. The fourth-order valence-corrected chi connectivity index (χ4v) is 2.54. The number of halogens is 2. The van der Waals surface area contributed by atoms with Crippen molar-refractivity contribution in [3.8, 4) is 0 Å². The molecule has 1 aromatic rings. The van der Waals surface area contributed by atoms with Crippen LogP contribution in [0.2, 0.25) is 0 Å². The van der Waals surface area contributed by atoms with Gasteiger partial charge < -0.3 is 10.5 Å². The van der Waals surface area contributed by atoms with Crippen molar-refractivity contribution in [3.05, 3.63) is 21.9 Å². The molecule has 2 nitrogen and oxygen atoms in total. The third-order valence-corrected chi connectivity index (χ3v) is 3.66. The molecule has 0 saturated heterocycles. The van der Waals surface area contributed by atoms with Gasteiger partial charge in [0.1, 0.15) is 6.61 Å². The van der Waals surface area contributed by atoms with Crippen molar-refractivity contribution in [1.29, 1.82) is 0 Å². The van der Waals surface area contributed by atoms with Gasteiger partial charge in [0.25, 0.3) is 6.43 Å². The Labute approximate surface area is 105 Å². The molecule has 0 saturated carbocycles. The first-order valence-electron chi connectivity index (χ1n) is 5.81. The number of hydrogen-bond acceptors (Lipinski definition) is 3. The molecule has 0 radical (unpaired) electrons. The minimum atomic E-state index is -2.39. The molecule has 5 heteroatoms. The highest BCUT2D eigenvalue weighted by Crippen LogP contribution is 2.18. The maximum absolute atomic E-state index is 11.8. The molecule has 0 aromatic carbocycles. The quantitative estimate of drug-likeness (QED) is 0.732. The second-order valence-corrected chi connectivity index (χ2v) is 5.19. The molecule has 1 atom stereocenters. The number of hydrogen-bond donors (Lipinski definition) is 1. The molecule has 0 aliphatic rings. The number of nitrogens with two attached hydrogens (primary N) is 1. The maximum Gasteiger partial charge on any atom is 0.261 e. The number of alkyl halides is 2. The van der Waals surface area contributed by atoms with Crippen LogP contribution in [0, 0.1) is 0 Å². The average molecular weight is 263 g/mol. The van der Waals surface area contributed by atoms with Gasteiger partial charge in [-0.2, -0.15) is 0 Å². The highest BCUT2D eigenvalue weighted by molar-refractivity contribution is 7.11. The lowest BCUT2D eigenvalue weighted by molar-refractivity contribution is 0.0153. The van der Waals surface area contributed by atoms with Crippen LogP contribution >= 0.6 is 11.3 Å². The second-order valence-electron chi connectivity index (χ2n) is 3.94. The molecule has 98 valence electrons. The van der Waals surface area contributed by atoms with Gasteiger partial charge in [-0.3, -0.25) is 0 Å². The van der Waals surface area contributed by atoms with Crippen LogP contribution in [-0.4, -0.2) is 25.7 Å². The summed E-state index contributed by atoms with van der Waals surface area (Å²) in [7, 11) is 0. The zero-order valence-electron chi connectivity index (χ0n) is 9.99. The molecular formula is C12H19F2NOS. The van der Waals surface area contributed by atoms with Gasteiger partial charge in [-0.1, -0.05) is 6.92 Å². The Kier molecular flexibility index (Phi) is 6.62. The van der Waals surface area contributed by atoms with Gasteiger partial charge in [-0.15, -0.1) is 11.3 Å². The monoisotopic (exact) mass is 263 g/mol. The van der Waals surface area contributed by atoms with Crippen LogP contribution in [-0.2, 0) is 17.6 Å². The van der Waals surface area contributed by atoms with Crippen molar-refractivity contribution in [2.45, 2.75) is 38.7 Å². The molecule has 0 aliphatic heterocycles. The van der Waals surface area contributed by atoms with Crippen LogP contribution in [0.5, 0.6) is 0 Å². The predicted molar refractivity (Wildman–Crippen MR) is 66.8 cm³/mol. The Hall–Kier alpha value is -0.520. The van der Waals surface area contributed by atoms with Gasteiger partial charge in [-0.05, 0) is 31.4 Å². The first-order chi connectivity index (χ1) is 8.11. The fraction of sp³-hybridized carbons (Fsp3) is 0.667. The summed E-state index contributed by atoms with van der Waals surface area (Å²) in [6.07, 6.45) is 0.0577. The molecule has 0 spiro atoms. The Morgan fingerprint density at radius 2 is 2.06 bits per heavy atom. The molecule has 1 unspecified atom stereocenters. The van der Waals surface area contributed by atoms with Crippen LogP contribution in [0.4, 0.5) is 8.78 Å². The van der Waals surface area contributed by atoms with Gasteiger partial charge in [0.15, 0.2) is 0 Å². The lowest BCUT2D eigenvalue weighted by atomic mass is 10.1. The van der Waals surface area contributed by atoms with Crippen molar-refractivity contribution >= 4 is 11.3 Å². The summed E-state index contributed by atoms with van der Waals surface area (Å²) in [5, 5.41) is 0. The zero-order chi connectivity index (χ0) is 12.7. The third kappa shape index (κ3) is 6.10. The molecule has 0 fully saturated rings. The summed E-state index contributed by atoms with van der Waals surface area (Å²) in [6.45, 7) is 1.93. The van der Waals surface area contributed by atoms with Crippen LogP contribution < -0.4 is 5.73 Å². The Morgan fingerprint density at radius 3 is 2.65 bits per heavy atom. The standard InChI is InChI=1S/C12H19F2NOS/c1-2-10-3-4-11(17-10)7-9(15)5-6-16-8-12(13)14/h3-4,9,12H,2,5-8,15H2,1H3. The largest absolute Gasteiger partial charge is 0.375 e.